The third kappa shape index (κ3) is 7.50. The van der Waals surface area contributed by atoms with Crippen LogP contribution in [0, 0.1) is 11.8 Å². The number of hydrogen-bond donors (Lipinski definition) is 5. The van der Waals surface area contributed by atoms with Gasteiger partial charge in [0.2, 0.25) is 23.6 Å². The van der Waals surface area contributed by atoms with E-state index in [2.05, 4.69) is 10.6 Å². The van der Waals surface area contributed by atoms with Gasteiger partial charge >= 0.3 is 0 Å². The van der Waals surface area contributed by atoms with Crippen molar-refractivity contribution in [1.82, 2.24) is 16.1 Å². The van der Waals surface area contributed by atoms with Crippen molar-refractivity contribution in [1.29, 1.82) is 0 Å². The molecule has 0 spiro atoms. The smallest absolute Gasteiger partial charge is 0.250 e. The number of hydrogen-bond acceptors (Lipinski definition) is 6. The molecule has 10 nitrogen and oxygen atoms in total. The fourth-order valence-electron chi connectivity index (χ4n) is 4.12. The molecule has 0 aliphatic carbocycles. The topological polar surface area (TPSA) is 154 Å². The predicted molar refractivity (Wildman–Crippen MR) is 138 cm³/mol. The van der Waals surface area contributed by atoms with Gasteiger partial charge in [0.25, 0.3) is 0 Å². The summed E-state index contributed by atoms with van der Waals surface area (Å²) in [6, 6.07) is 11.1. The summed E-state index contributed by atoms with van der Waals surface area (Å²) in [4.78, 5) is 52.8. The summed E-state index contributed by atoms with van der Waals surface area (Å²) in [5.74, 6) is -2.65. The van der Waals surface area contributed by atoms with E-state index in [1.807, 2.05) is 44.2 Å². The molecule has 0 aliphatic heterocycles. The minimum absolute atomic E-state index is 0.108. The molecular weight excluding hydrogens is 462 g/mol. The van der Waals surface area contributed by atoms with Crippen LogP contribution in [-0.2, 0) is 19.2 Å². The molecule has 2 aromatic rings. The van der Waals surface area contributed by atoms with Crippen molar-refractivity contribution in [3.8, 4) is 0 Å². The van der Waals surface area contributed by atoms with Crippen LogP contribution in [0.25, 0.3) is 10.8 Å². The van der Waals surface area contributed by atoms with Gasteiger partial charge in [-0.3, -0.25) is 29.3 Å². The number of fused-ring (bicyclic) bond motifs is 1. The Kier molecular flexibility index (Phi) is 10.8. The van der Waals surface area contributed by atoms with E-state index < -0.39 is 35.7 Å². The first-order valence-corrected chi connectivity index (χ1v) is 12.1. The molecule has 0 saturated heterocycles. The van der Waals surface area contributed by atoms with E-state index in [0.717, 1.165) is 10.8 Å². The Balaban J connectivity index is 2.39. The van der Waals surface area contributed by atoms with E-state index in [-0.39, 0.29) is 31.3 Å². The Hall–Kier alpha value is -3.50. The number of nitrogens with zero attached hydrogens (tertiary/aromatic N) is 1. The van der Waals surface area contributed by atoms with E-state index in [4.69, 9.17) is 10.9 Å². The Labute approximate surface area is 211 Å². The standard InChI is InChI=1S/C26H37N5O5/c1-16(2)14-20(15-23(32)30-36)25(34)29-17(3)26(35)31(18(4)24(33)28-13-12-27)22-11-7-9-19-8-5-6-10-21(19)22/h5-11,16-18,20,36H,12-15,27H2,1-4H3,(H,28,33)(H,29,34)(H,30,32)/t17-,18-,20+/m0/s1. The third-order valence-corrected chi connectivity index (χ3v) is 5.89. The van der Waals surface area contributed by atoms with Crippen molar-refractivity contribution in [2.24, 2.45) is 17.6 Å². The molecule has 4 amide bonds. The van der Waals surface area contributed by atoms with Crippen LogP contribution in [0.1, 0.15) is 40.5 Å². The highest BCUT2D eigenvalue weighted by atomic mass is 16.5. The number of rotatable bonds is 12. The van der Waals surface area contributed by atoms with Crippen LogP contribution in [0.2, 0.25) is 0 Å². The molecular formula is C26H37N5O5. The van der Waals surface area contributed by atoms with Gasteiger partial charge in [-0.15, -0.1) is 0 Å². The number of benzene rings is 2. The van der Waals surface area contributed by atoms with Gasteiger partial charge < -0.3 is 16.4 Å². The van der Waals surface area contributed by atoms with Crippen molar-refractivity contribution in [3.05, 3.63) is 42.5 Å². The first-order valence-electron chi connectivity index (χ1n) is 12.1. The quantitative estimate of drug-likeness (QED) is 0.221. The van der Waals surface area contributed by atoms with Crippen LogP contribution in [0.5, 0.6) is 0 Å². The minimum atomic E-state index is -0.993. The summed E-state index contributed by atoms with van der Waals surface area (Å²) in [7, 11) is 0. The van der Waals surface area contributed by atoms with Gasteiger partial charge in [0, 0.05) is 30.8 Å². The highest BCUT2D eigenvalue weighted by Crippen LogP contribution is 2.29. The number of nitrogens with two attached hydrogens (primary N) is 1. The van der Waals surface area contributed by atoms with E-state index >= 15 is 0 Å². The lowest BCUT2D eigenvalue weighted by atomic mass is 9.92. The van der Waals surface area contributed by atoms with Crippen LogP contribution >= 0.6 is 0 Å². The maximum Gasteiger partial charge on any atom is 0.250 e. The number of carbonyl (C=O) groups excluding carboxylic acids is 4. The lowest BCUT2D eigenvalue weighted by molar-refractivity contribution is -0.136. The number of amides is 4. The molecule has 3 atom stereocenters. The molecule has 2 rings (SSSR count). The molecule has 0 bridgehead atoms. The summed E-state index contributed by atoms with van der Waals surface area (Å²) in [6.07, 6.45) is 0.178. The molecule has 0 unspecified atom stereocenters. The van der Waals surface area contributed by atoms with E-state index in [9.17, 15) is 19.2 Å². The largest absolute Gasteiger partial charge is 0.353 e. The molecule has 6 N–H and O–H groups in total. The van der Waals surface area contributed by atoms with Gasteiger partial charge in [0.05, 0.1) is 5.69 Å². The van der Waals surface area contributed by atoms with Gasteiger partial charge in [-0.05, 0) is 37.6 Å². The molecule has 10 heteroatoms. The molecule has 0 fully saturated rings. The lowest BCUT2D eigenvalue weighted by Gasteiger charge is -2.32. The number of carbonyl (C=O) groups is 4. The first kappa shape index (κ1) is 28.7. The zero-order valence-corrected chi connectivity index (χ0v) is 21.3. The number of anilines is 1. The number of nitrogens with one attached hydrogen (secondary N) is 3. The Morgan fingerprint density at radius 1 is 0.972 bits per heavy atom. The summed E-state index contributed by atoms with van der Waals surface area (Å²) in [6.45, 7) is 7.50. The highest BCUT2D eigenvalue weighted by molar-refractivity contribution is 6.09. The van der Waals surface area contributed by atoms with E-state index in [1.54, 1.807) is 31.5 Å². The monoisotopic (exact) mass is 499 g/mol. The van der Waals surface area contributed by atoms with Crippen molar-refractivity contribution in [2.75, 3.05) is 18.0 Å². The molecule has 36 heavy (non-hydrogen) atoms. The average Bonchev–Trinajstić information content (AvgIpc) is 2.86. The highest BCUT2D eigenvalue weighted by Gasteiger charge is 2.33. The fraction of sp³-hybridized carbons (Fsp3) is 0.462. The maximum atomic E-state index is 13.8. The van der Waals surface area contributed by atoms with Gasteiger partial charge in [-0.2, -0.15) is 0 Å². The molecule has 196 valence electrons. The van der Waals surface area contributed by atoms with Gasteiger partial charge in [0.15, 0.2) is 0 Å². The van der Waals surface area contributed by atoms with Gasteiger partial charge in [-0.25, -0.2) is 5.48 Å². The Morgan fingerprint density at radius 3 is 2.28 bits per heavy atom. The zero-order valence-electron chi connectivity index (χ0n) is 21.3. The van der Waals surface area contributed by atoms with E-state index in [0.29, 0.717) is 12.1 Å². The summed E-state index contributed by atoms with van der Waals surface area (Å²) in [5, 5.41) is 16.0. The van der Waals surface area contributed by atoms with Crippen molar-refractivity contribution >= 4 is 40.1 Å². The normalized spacial score (nSPS) is 13.5. The second-order valence-electron chi connectivity index (χ2n) is 9.26. The van der Waals surface area contributed by atoms with Crippen LogP contribution in [0.15, 0.2) is 42.5 Å². The number of hydroxylamine groups is 1. The van der Waals surface area contributed by atoms with Crippen molar-refractivity contribution in [2.45, 2.75) is 52.6 Å². The maximum absolute atomic E-state index is 13.8. The molecule has 0 radical (unpaired) electrons. The minimum Gasteiger partial charge on any atom is -0.353 e. The lowest BCUT2D eigenvalue weighted by Crippen LogP contribution is -2.55. The Bertz CT molecular complexity index is 1070. The summed E-state index contributed by atoms with van der Waals surface area (Å²) in [5.41, 5.74) is 7.61. The SMILES string of the molecule is CC(C)C[C@H](CC(=O)NO)C(=O)N[C@@H](C)C(=O)N(c1cccc2ccccc12)[C@@H](C)C(=O)NCCN. The fourth-order valence-corrected chi connectivity index (χ4v) is 4.12. The molecule has 0 heterocycles. The second kappa shape index (κ2) is 13.6. The second-order valence-corrected chi connectivity index (χ2v) is 9.26. The van der Waals surface area contributed by atoms with Crippen LogP contribution in [-0.4, -0.2) is 54.0 Å². The molecule has 0 aromatic heterocycles. The van der Waals surface area contributed by atoms with E-state index in [1.165, 1.54) is 4.90 Å². The average molecular weight is 500 g/mol. The van der Waals surface area contributed by atoms with Crippen LogP contribution in [0.4, 0.5) is 5.69 Å². The third-order valence-electron chi connectivity index (χ3n) is 5.89. The first-order chi connectivity index (χ1) is 17.1. The predicted octanol–water partition coefficient (Wildman–Crippen LogP) is 1.70. The van der Waals surface area contributed by atoms with Crippen LogP contribution < -0.4 is 26.7 Å². The molecule has 0 aliphatic rings. The van der Waals surface area contributed by atoms with Gasteiger partial charge in [-0.1, -0.05) is 50.2 Å². The Morgan fingerprint density at radius 2 is 1.64 bits per heavy atom. The summed E-state index contributed by atoms with van der Waals surface area (Å²) < 4.78 is 0. The van der Waals surface area contributed by atoms with Gasteiger partial charge in [0.1, 0.15) is 12.1 Å². The molecule has 2 aromatic carbocycles. The van der Waals surface area contributed by atoms with Crippen molar-refractivity contribution < 1.29 is 24.4 Å². The van der Waals surface area contributed by atoms with Crippen LogP contribution in [0.3, 0.4) is 0 Å². The zero-order chi connectivity index (χ0) is 26.8. The molecule has 0 saturated carbocycles. The summed E-state index contributed by atoms with van der Waals surface area (Å²) >= 11 is 0. The van der Waals surface area contributed by atoms with Crippen molar-refractivity contribution in [3.63, 3.8) is 0 Å².